The van der Waals surface area contributed by atoms with Crippen LogP contribution in [0.4, 0.5) is 5.69 Å². The predicted molar refractivity (Wildman–Crippen MR) is 120 cm³/mol. The van der Waals surface area contributed by atoms with Crippen LogP contribution in [-0.2, 0) is 4.79 Å². The van der Waals surface area contributed by atoms with E-state index >= 15 is 0 Å². The summed E-state index contributed by atoms with van der Waals surface area (Å²) in [5.74, 6) is 0.224. The first-order chi connectivity index (χ1) is 15.0. The van der Waals surface area contributed by atoms with Crippen LogP contribution in [0.2, 0.25) is 5.02 Å². The number of amides is 2. The Labute approximate surface area is 187 Å². The third-order valence-electron chi connectivity index (χ3n) is 6.12. The van der Waals surface area contributed by atoms with E-state index in [4.69, 9.17) is 16.3 Å². The Kier molecular flexibility index (Phi) is 6.61. The minimum absolute atomic E-state index is 0.140. The van der Waals surface area contributed by atoms with E-state index < -0.39 is 0 Å². The van der Waals surface area contributed by atoms with Crippen molar-refractivity contribution < 1.29 is 14.3 Å². The van der Waals surface area contributed by atoms with Gasteiger partial charge in [-0.3, -0.25) is 9.59 Å². The van der Waals surface area contributed by atoms with Crippen molar-refractivity contribution >= 4 is 29.1 Å². The van der Waals surface area contributed by atoms with Crippen molar-refractivity contribution in [2.24, 2.45) is 5.92 Å². The van der Waals surface area contributed by atoms with Gasteiger partial charge in [-0.05, 0) is 37.1 Å². The maximum absolute atomic E-state index is 13.2. The number of halogens is 1. The van der Waals surface area contributed by atoms with Crippen molar-refractivity contribution in [2.45, 2.75) is 25.3 Å². The highest BCUT2D eigenvalue weighted by Gasteiger charge is 2.37. The molecular weight excluding hydrogens is 416 g/mol. The lowest BCUT2D eigenvalue weighted by molar-refractivity contribution is -0.136. The summed E-state index contributed by atoms with van der Waals surface area (Å²) in [6.07, 6.45) is 4.05. The van der Waals surface area contributed by atoms with Crippen molar-refractivity contribution in [3.05, 3.63) is 53.2 Å². The number of nitrogens with zero attached hydrogens (tertiary/aromatic N) is 3. The molecule has 2 amide bonds. The molecule has 1 aliphatic carbocycles. The van der Waals surface area contributed by atoms with E-state index in [-0.39, 0.29) is 23.8 Å². The van der Waals surface area contributed by atoms with Gasteiger partial charge in [-0.15, -0.1) is 0 Å². The first-order valence-electron chi connectivity index (χ1n) is 10.7. The van der Waals surface area contributed by atoms with Crippen LogP contribution >= 0.6 is 11.6 Å². The Hall–Kier alpha value is -2.80. The number of hydrogen-bond acceptors (Lipinski definition) is 5. The highest BCUT2D eigenvalue weighted by molar-refractivity contribution is 6.30. The molecule has 1 aliphatic heterocycles. The predicted octanol–water partition coefficient (Wildman–Crippen LogP) is 2.99. The number of carbonyl (C=O) groups excluding carboxylic acids is 2. The summed E-state index contributed by atoms with van der Waals surface area (Å²) in [5.41, 5.74) is 1.55. The van der Waals surface area contributed by atoms with Gasteiger partial charge in [-0.25, -0.2) is 4.98 Å². The SMILES string of the molecule is COc1ccc(C(=O)N[C@@H]2CCC[C@@H]2C(=O)N2CCN(c3cccc(Cl)c3)CC2)cn1. The van der Waals surface area contributed by atoms with Gasteiger partial charge < -0.3 is 19.9 Å². The normalized spacial score (nSPS) is 21.1. The molecule has 1 aromatic carbocycles. The second kappa shape index (κ2) is 9.56. The molecule has 8 heteroatoms. The topological polar surface area (TPSA) is 74.8 Å². The van der Waals surface area contributed by atoms with Crippen LogP contribution in [-0.4, -0.2) is 61.0 Å². The minimum Gasteiger partial charge on any atom is -0.481 e. The molecule has 0 spiro atoms. The number of piperazine rings is 1. The first kappa shape index (κ1) is 21.4. The number of rotatable bonds is 5. The van der Waals surface area contributed by atoms with Gasteiger partial charge >= 0.3 is 0 Å². The fraction of sp³-hybridized carbons (Fsp3) is 0.435. The largest absolute Gasteiger partial charge is 0.481 e. The summed E-state index contributed by atoms with van der Waals surface area (Å²) < 4.78 is 5.04. The maximum atomic E-state index is 13.2. The highest BCUT2D eigenvalue weighted by Crippen LogP contribution is 2.29. The zero-order chi connectivity index (χ0) is 21.8. The van der Waals surface area contributed by atoms with E-state index in [1.54, 1.807) is 12.1 Å². The van der Waals surface area contributed by atoms with Crippen molar-refractivity contribution in [3.63, 3.8) is 0 Å². The molecule has 2 aliphatic rings. The molecule has 4 rings (SSSR count). The number of aromatic nitrogens is 1. The number of methoxy groups -OCH3 is 1. The van der Waals surface area contributed by atoms with E-state index in [1.165, 1.54) is 13.3 Å². The average Bonchev–Trinajstić information content (AvgIpc) is 3.26. The third-order valence-corrected chi connectivity index (χ3v) is 6.36. The Bertz CT molecular complexity index is 929. The molecule has 2 heterocycles. The van der Waals surface area contributed by atoms with Gasteiger partial charge in [0.25, 0.3) is 5.91 Å². The number of pyridine rings is 1. The quantitative estimate of drug-likeness (QED) is 0.770. The Morgan fingerprint density at radius 2 is 1.94 bits per heavy atom. The second-order valence-electron chi connectivity index (χ2n) is 8.00. The van der Waals surface area contributed by atoms with Crippen molar-refractivity contribution in [1.82, 2.24) is 15.2 Å². The van der Waals surface area contributed by atoms with Gasteiger partial charge in [0.2, 0.25) is 11.8 Å². The number of benzene rings is 1. The van der Waals surface area contributed by atoms with Gasteiger partial charge in [0, 0.05) is 55.2 Å². The lowest BCUT2D eigenvalue weighted by Gasteiger charge is -2.38. The smallest absolute Gasteiger partial charge is 0.253 e. The molecule has 0 unspecified atom stereocenters. The fourth-order valence-electron chi connectivity index (χ4n) is 4.41. The average molecular weight is 443 g/mol. The van der Waals surface area contributed by atoms with E-state index in [2.05, 4.69) is 15.2 Å². The molecule has 2 fully saturated rings. The molecule has 2 aromatic rings. The second-order valence-corrected chi connectivity index (χ2v) is 8.44. The lowest BCUT2D eigenvalue weighted by atomic mass is 10.0. The van der Waals surface area contributed by atoms with Crippen LogP contribution in [0, 0.1) is 5.92 Å². The highest BCUT2D eigenvalue weighted by atomic mass is 35.5. The molecule has 7 nitrogen and oxygen atoms in total. The molecule has 0 bridgehead atoms. The van der Waals surface area contributed by atoms with Gasteiger partial charge in [-0.1, -0.05) is 24.1 Å². The minimum atomic E-state index is -0.203. The molecule has 1 saturated carbocycles. The van der Waals surface area contributed by atoms with Crippen LogP contribution in [0.3, 0.4) is 0 Å². The first-order valence-corrected chi connectivity index (χ1v) is 11.0. The fourth-order valence-corrected chi connectivity index (χ4v) is 4.59. The summed E-state index contributed by atoms with van der Waals surface area (Å²) in [7, 11) is 1.53. The van der Waals surface area contributed by atoms with Gasteiger partial charge in [0.1, 0.15) is 0 Å². The number of anilines is 1. The Balaban J connectivity index is 1.34. The number of ether oxygens (including phenoxy) is 1. The van der Waals surface area contributed by atoms with E-state index in [1.807, 2.05) is 29.2 Å². The van der Waals surface area contributed by atoms with Crippen molar-refractivity contribution in [1.29, 1.82) is 0 Å². The lowest BCUT2D eigenvalue weighted by Crippen LogP contribution is -2.52. The van der Waals surface area contributed by atoms with Gasteiger partial charge in [0.05, 0.1) is 18.6 Å². The van der Waals surface area contributed by atoms with Crippen LogP contribution in [0.25, 0.3) is 0 Å². The summed E-state index contributed by atoms with van der Waals surface area (Å²) in [6, 6.07) is 11.0. The van der Waals surface area contributed by atoms with E-state index in [0.29, 0.717) is 29.6 Å². The summed E-state index contributed by atoms with van der Waals surface area (Å²) in [5, 5.41) is 3.77. The molecule has 0 radical (unpaired) electrons. The monoisotopic (exact) mass is 442 g/mol. The maximum Gasteiger partial charge on any atom is 0.253 e. The molecule has 1 aromatic heterocycles. The van der Waals surface area contributed by atoms with Crippen molar-refractivity contribution in [2.75, 3.05) is 38.2 Å². The number of carbonyl (C=O) groups is 2. The molecule has 31 heavy (non-hydrogen) atoms. The van der Waals surface area contributed by atoms with Crippen LogP contribution in [0.1, 0.15) is 29.6 Å². The molecular formula is C23H27ClN4O3. The summed E-state index contributed by atoms with van der Waals surface area (Å²) >= 11 is 6.11. The summed E-state index contributed by atoms with van der Waals surface area (Å²) in [6.45, 7) is 2.89. The van der Waals surface area contributed by atoms with Crippen molar-refractivity contribution in [3.8, 4) is 5.88 Å². The zero-order valence-electron chi connectivity index (χ0n) is 17.6. The molecule has 1 saturated heterocycles. The Morgan fingerprint density at radius 3 is 2.61 bits per heavy atom. The van der Waals surface area contributed by atoms with Crippen LogP contribution < -0.4 is 15.0 Å². The molecule has 2 atom stereocenters. The van der Waals surface area contributed by atoms with E-state index in [9.17, 15) is 9.59 Å². The molecule has 164 valence electrons. The number of hydrogen-bond donors (Lipinski definition) is 1. The van der Waals surface area contributed by atoms with Crippen LogP contribution in [0.15, 0.2) is 42.6 Å². The standard InChI is InChI=1S/C23H27ClN4O3/c1-31-21-9-8-16(15-25-21)22(29)26-20-7-3-6-19(20)23(30)28-12-10-27(11-13-28)18-5-2-4-17(24)14-18/h2,4-5,8-9,14-15,19-20H,3,6-7,10-13H2,1H3,(H,26,29)/t19-,20+/m0/s1. The summed E-state index contributed by atoms with van der Waals surface area (Å²) in [4.78, 5) is 34.1. The van der Waals surface area contributed by atoms with Gasteiger partial charge in [-0.2, -0.15) is 0 Å². The van der Waals surface area contributed by atoms with E-state index in [0.717, 1.165) is 38.0 Å². The van der Waals surface area contributed by atoms with Crippen LogP contribution in [0.5, 0.6) is 5.88 Å². The number of nitrogens with one attached hydrogen (secondary N) is 1. The third kappa shape index (κ3) is 4.93. The van der Waals surface area contributed by atoms with Gasteiger partial charge in [0.15, 0.2) is 0 Å². The Morgan fingerprint density at radius 1 is 1.13 bits per heavy atom. The molecule has 1 N–H and O–H groups in total. The zero-order valence-corrected chi connectivity index (χ0v) is 18.3.